The Bertz CT molecular complexity index is 379. The maximum atomic E-state index is 12.2. The van der Waals surface area contributed by atoms with Crippen molar-refractivity contribution in [3.8, 4) is 0 Å². The van der Waals surface area contributed by atoms with Crippen molar-refractivity contribution >= 4 is 11.6 Å². The van der Waals surface area contributed by atoms with Gasteiger partial charge in [0.1, 0.15) is 6.61 Å². The average Bonchev–Trinajstić information content (AvgIpc) is 3.12. The zero-order valence-corrected chi connectivity index (χ0v) is 10.7. The molecule has 1 unspecified atom stereocenters. The summed E-state index contributed by atoms with van der Waals surface area (Å²) in [5.74, 6) is 0. The van der Waals surface area contributed by atoms with Crippen LogP contribution in [0.3, 0.4) is 0 Å². The maximum absolute atomic E-state index is 12.2. The van der Waals surface area contributed by atoms with Crippen molar-refractivity contribution in [2.75, 3.05) is 13.2 Å². The molecule has 0 amide bonds. The molecule has 1 saturated carbocycles. The lowest BCUT2D eigenvalue weighted by atomic mass is 10.1. The summed E-state index contributed by atoms with van der Waals surface area (Å²) in [7, 11) is 0. The van der Waals surface area contributed by atoms with Gasteiger partial charge in [-0.15, -0.1) is 0 Å². The van der Waals surface area contributed by atoms with E-state index in [1.165, 1.54) is 0 Å². The predicted octanol–water partition coefficient (Wildman–Crippen LogP) is 3.41. The molecule has 0 heterocycles. The summed E-state index contributed by atoms with van der Waals surface area (Å²) in [6, 6.07) is 7.67. The van der Waals surface area contributed by atoms with Crippen LogP contribution in [-0.4, -0.2) is 25.6 Å². The molecule has 1 fully saturated rings. The van der Waals surface area contributed by atoms with E-state index in [1.54, 1.807) is 18.2 Å². The van der Waals surface area contributed by atoms with Gasteiger partial charge in [-0.2, -0.15) is 0 Å². The van der Waals surface area contributed by atoms with Gasteiger partial charge in [0.15, 0.2) is 0 Å². The summed E-state index contributed by atoms with van der Waals surface area (Å²) in [6.07, 6.45) is -0.528. The Kier molecular flexibility index (Phi) is 4.92. The van der Waals surface area contributed by atoms with Gasteiger partial charge in [-0.25, -0.2) is 8.78 Å². The van der Waals surface area contributed by atoms with E-state index >= 15 is 0 Å². The lowest BCUT2D eigenvalue weighted by molar-refractivity contribution is -0.0247. The molecule has 5 heteroatoms. The standard InChI is InChI=1S/C13H16ClF2NO/c14-10-3-1-2-9(6-10)12(18-8-13(15)16)7-17-11-4-5-11/h1-3,6,11-13,17H,4-5,7-8H2. The molecule has 1 aliphatic rings. The molecule has 0 bridgehead atoms. The maximum Gasteiger partial charge on any atom is 0.261 e. The highest BCUT2D eigenvalue weighted by Crippen LogP contribution is 2.24. The van der Waals surface area contributed by atoms with Crippen LogP contribution < -0.4 is 5.32 Å². The van der Waals surface area contributed by atoms with E-state index < -0.39 is 13.0 Å². The summed E-state index contributed by atoms with van der Waals surface area (Å²) < 4.78 is 29.7. The monoisotopic (exact) mass is 275 g/mol. The Morgan fingerprint density at radius 1 is 1.39 bits per heavy atom. The van der Waals surface area contributed by atoms with Crippen LogP contribution in [0.15, 0.2) is 24.3 Å². The molecule has 1 aromatic rings. The van der Waals surface area contributed by atoms with Crippen LogP contribution in [0, 0.1) is 0 Å². The largest absolute Gasteiger partial charge is 0.366 e. The summed E-state index contributed by atoms with van der Waals surface area (Å²) in [5.41, 5.74) is 0.830. The molecule has 2 nitrogen and oxygen atoms in total. The first-order valence-electron chi connectivity index (χ1n) is 6.04. The first-order chi connectivity index (χ1) is 8.65. The van der Waals surface area contributed by atoms with E-state index in [4.69, 9.17) is 16.3 Å². The molecule has 18 heavy (non-hydrogen) atoms. The Balaban J connectivity index is 1.96. The van der Waals surface area contributed by atoms with Crippen molar-refractivity contribution in [2.45, 2.75) is 31.4 Å². The van der Waals surface area contributed by atoms with Gasteiger partial charge >= 0.3 is 0 Å². The summed E-state index contributed by atoms with van der Waals surface area (Å²) in [6.45, 7) is -0.0126. The number of nitrogens with one attached hydrogen (secondary N) is 1. The molecule has 1 aliphatic carbocycles. The highest BCUT2D eigenvalue weighted by Gasteiger charge is 2.23. The van der Waals surface area contributed by atoms with Gasteiger partial charge in [0.25, 0.3) is 6.43 Å². The lowest BCUT2D eigenvalue weighted by Gasteiger charge is -2.19. The molecule has 0 radical (unpaired) electrons. The van der Waals surface area contributed by atoms with Gasteiger partial charge in [-0.05, 0) is 30.5 Å². The third kappa shape index (κ3) is 4.52. The van der Waals surface area contributed by atoms with Gasteiger partial charge in [-0.1, -0.05) is 23.7 Å². The third-order valence-electron chi connectivity index (χ3n) is 2.81. The van der Waals surface area contributed by atoms with Gasteiger partial charge in [0, 0.05) is 17.6 Å². The molecule has 100 valence electrons. The van der Waals surface area contributed by atoms with Crippen LogP contribution in [0.1, 0.15) is 24.5 Å². The van der Waals surface area contributed by atoms with Crippen LogP contribution in [-0.2, 0) is 4.74 Å². The molecular formula is C13H16ClF2NO. The van der Waals surface area contributed by atoms with E-state index in [0.717, 1.165) is 18.4 Å². The van der Waals surface area contributed by atoms with E-state index in [-0.39, 0.29) is 6.10 Å². The van der Waals surface area contributed by atoms with Crippen LogP contribution >= 0.6 is 11.6 Å². The smallest absolute Gasteiger partial charge is 0.261 e. The van der Waals surface area contributed by atoms with E-state index in [0.29, 0.717) is 17.6 Å². The fraction of sp³-hybridized carbons (Fsp3) is 0.538. The molecule has 0 aliphatic heterocycles. The first kappa shape index (κ1) is 13.7. The second-order valence-corrected chi connectivity index (χ2v) is 4.89. The second-order valence-electron chi connectivity index (χ2n) is 4.45. The predicted molar refractivity (Wildman–Crippen MR) is 67.2 cm³/mol. The molecular weight excluding hydrogens is 260 g/mol. The topological polar surface area (TPSA) is 21.3 Å². The van der Waals surface area contributed by atoms with Gasteiger partial charge in [0.05, 0.1) is 6.10 Å². The second kappa shape index (κ2) is 6.45. The van der Waals surface area contributed by atoms with Crippen molar-refractivity contribution in [3.63, 3.8) is 0 Å². The number of hydrogen-bond donors (Lipinski definition) is 1. The summed E-state index contributed by atoms with van der Waals surface area (Å²) >= 11 is 5.90. The van der Waals surface area contributed by atoms with E-state index in [2.05, 4.69) is 5.32 Å². The minimum Gasteiger partial charge on any atom is -0.366 e. The normalized spacial score (nSPS) is 17.1. The number of benzene rings is 1. The molecule has 1 N–H and O–H groups in total. The molecule has 2 rings (SSSR count). The highest BCUT2D eigenvalue weighted by atomic mass is 35.5. The average molecular weight is 276 g/mol. The van der Waals surface area contributed by atoms with Gasteiger partial charge in [-0.3, -0.25) is 0 Å². The van der Waals surface area contributed by atoms with Crippen molar-refractivity contribution in [3.05, 3.63) is 34.9 Å². The van der Waals surface area contributed by atoms with Crippen molar-refractivity contribution in [1.82, 2.24) is 5.32 Å². The number of hydrogen-bond acceptors (Lipinski definition) is 2. The molecule has 1 atom stereocenters. The fourth-order valence-electron chi connectivity index (χ4n) is 1.73. The first-order valence-corrected chi connectivity index (χ1v) is 6.41. The van der Waals surface area contributed by atoms with Crippen LogP contribution in [0.25, 0.3) is 0 Å². The minimum atomic E-state index is -2.45. The number of alkyl halides is 2. The van der Waals surface area contributed by atoms with E-state index in [9.17, 15) is 8.78 Å². The fourth-order valence-corrected chi connectivity index (χ4v) is 1.93. The van der Waals surface area contributed by atoms with Crippen LogP contribution in [0.5, 0.6) is 0 Å². The summed E-state index contributed by atoms with van der Waals surface area (Å²) in [4.78, 5) is 0. The molecule has 0 saturated heterocycles. The SMILES string of the molecule is FC(F)COC(CNC1CC1)c1cccc(Cl)c1. The Hall–Kier alpha value is -0.710. The molecule has 1 aromatic carbocycles. The van der Waals surface area contributed by atoms with Gasteiger partial charge in [0.2, 0.25) is 0 Å². The van der Waals surface area contributed by atoms with Crippen molar-refractivity contribution in [2.24, 2.45) is 0 Å². The van der Waals surface area contributed by atoms with Crippen LogP contribution in [0.2, 0.25) is 5.02 Å². The Labute approximate surface area is 110 Å². The minimum absolute atomic E-state index is 0.377. The van der Waals surface area contributed by atoms with Gasteiger partial charge < -0.3 is 10.1 Å². The lowest BCUT2D eigenvalue weighted by Crippen LogP contribution is -2.26. The number of ether oxygens (including phenoxy) is 1. The summed E-state index contributed by atoms with van der Waals surface area (Å²) in [5, 5.41) is 3.87. The van der Waals surface area contributed by atoms with Crippen molar-refractivity contribution in [1.29, 1.82) is 0 Å². The quantitative estimate of drug-likeness (QED) is 0.823. The number of rotatable bonds is 7. The third-order valence-corrected chi connectivity index (χ3v) is 3.05. The Morgan fingerprint density at radius 3 is 2.78 bits per heavy atom. The number of halogens is 3. The zero-order chi connectivity index (χ0) is 13.0. The van der Waals surface area contributed by atoms with E-state index in [1.807, 2.05) is 6.07 Å². The highest BCUT2D eigenvalue weighted by molar-refractivity contribution is 6.30. The zero-order valence-electron chi connectivity index (χ0n) is 9.91. The van der Waals surface area contributed by atoms with Crippen molar-refractivity contribution < 1.29 is 13.5 Å². The van der Waals surface area contributed by atoms with Crippen LogP contribution in [0.4, 0.5) is 8.78 Å². The molecule has 0 spiro atoms. The molecule has 0 aromatic heterocycles. The Morgan fingerprint density at radius 2 is 2.17 bits per heavy atom.